The maximum Gasteiger partial charge on any atom is 0.303 e. The summed E-state index contributed by atoms with van der Waals surface area (Å²) in [6.45, 7) is 5.61. The maximum atomic E-state index is 11.9. The molecule has 1 amide bonds. The molecule has 5 heteroatoms. The number of rotatable bonds is 5. The number of aliphatic carboxylic acids is 1. The summed E-state index contributed by atoms with van der Waals surface area (Å²) in [7, 11) is 0. The van der Waals surface area contributed by atoms with Crippen LogP contribution < -0.4 is 5.32 Å². The lowest BCUT2D eigenvalue weighted by molar-refractivity contribution is -0.138. The molecule has 1 unspecified atom stereocenters. The Morgan fingerprint density at radius 2 is 1.79 bits per heavy atom. The Bertz CT molecular complexity index is 476. The predicted octanol–water partition coefficient (Wildman–Crippen LogP) is 3.51. The standard InChI is InChI=1S/C14H18BrNO3/c1-8(5-13(18)19)4-12(17)16-14-9(2)6-11(15)7-10(14)3/h6-8H,4-5H2,1-3H3,(H,16,17)(H,18,19). The number of benzene rings is 1. The summed E-state index contributed by atoms with van der Waals surface area (Å²) in [5.41, 5.74) is 2.76. The average Bonchev–Trinajstić information content (AvgIpc) is 2.21. The summed E-state index contributed by atoms with van der Waals surface area (Å²) in [5, 5.41) is 11.5. The van der Waals surface area contributed by atoms with E-state index in [1.807, 2.05) is 26.0 Å². The number of carboxylic acid groups (broad SMARTS) is 1. The van der Waals surface area contributed by atoms with Gasteiger partial charge in [-0.2, -0.15) is 0 Å². The number of aryl methyl sites for hydroxylation is 2. The summed E-state index contributed by atoms with van der Waals surface area (Å²) in [5.74, 6) is -1.20. The van der Waals surface area contributed by atoms with Gasteiger partial charge in [-0.15, -0.1) is 0 Å². The lowest BCUT2D eigenvalue weighted by atomic mass is 10.0. The van der Waals surface area contributed by atoms with E-state index in [2.05, 4.69) is 21.2 Å². The first kappa shape index (κ1) is 15.7. The van der Waals surface area contributed by atoms with Crippen molar-refractivity contribution < 1.29 is 14.7 Å². The van der Waals surface area contributed by atoms with Crippen LogP contribution in [-0.4, -0.2) is 17.0 Å². The Balaban J connectivity index is 2.70. The van der Waals surface area contributed by atoms with Gasteiger partial charge in [0.1, 0.15) is 0 Å². The van der Waals surface area contributed by atoms with E-state index >= 15 is 0 Å². The van der Waals surface area contributed by atoms with Gasteiger partial charge in [0.25, 0.3) is 0 Å². The number of halogens is 1. The SMILES string of the molecule is Cc1cc(Br)cc(C)c1NC(=O)CC(C)CC(=O)O. The Labute approximate surface area is 121 Å². The summed E-state index contributed by atoms with van der Waals surface area (Å²) < 4.78 is 0.972. The van der Waals surface area contributed by atoms with Crippen LogP contribution in [0.1, 0.15) is 30.9 Å². The number of anilines is 1. The first-order valence-electron chi connectivity index (χ1n) is 6.08. The average molecular weight is 328 g/mol. The van der Waals surface area contributed by atoms with Gasteiger partial charge in [-0.3, -0.25) is 9.59 Å². The van der Waals surface area contributed by atoms with Crippen molar-refractivity contribution in [3.05, 3.63) is 27.7 Å². The predicted molar refractivity (Wildman–Crippen MR) is 78.3 cm³/mol. The number of carbonyl (C=O) groups excluding carboxylic acids is 1. The molecule has 1 aromatic rings. The second-order valence-corrected chi connectivity index (χ2v) is 5.79. The lowest BCUT2D eigenvalue weighted by Gasteiger charge is -2.14. The number of hydrogen-bond acceptors (Lipinski definition) is 2. The maximum absolute atomic E-state index is 11.9. The molecule has 0 aliphatic heterocycles. The molecule has 0 aromatic heterocycles. The van der Waals surface area contributed by atoms with Gasteiger partial charge in [-0.25, -0.2) is 0 Å². The summed E-state index contributed by atoms with van der Waals surface area (Å²) >= 11 is 3.40. The highest BCUT2D eigenvalue weighted by atomic mass is 79.9. The minimum atomic E-state index is -0.878. The molecule has 0 bridgehead atoms. The molecular formula is C14H18BrNO3. The van der Waals surface area contributed by atoms with Crippen LogP contribution in [-0.2, 0) is 9.59 Å². The fourth-order valence-electron chi connectivity index (χ4n) is 1.99. The van der Waals surface area contributed by atoms with Gasteiger partial charge in [0.05, 0.1) is 0 Å². The van der Waals surface area contributed by atoms with Crippen molar-refractivity contribution in [2.75, 3.05) is 5.32 Å². The lowest BCUT2D eigenvalue weighted by Crippen LogP contribution is -2.18. The normalized spacial score (nSPS) is 12.0. The highest BCUT2D eigenvalue weighted by Gasteiger charge is 2.14. The number of amides is 1. The van der Waals surface area contributed by atoms with Gasteiger partial charge in [-0.05, 0) is 43.0 Å². The minimum absolute atomic E-state index is 0.00568. The quantitative estimate of drug-likeness (QED) is 0.869. The van der Waals surface area contributed by atoms with Crippen LogP contribution in [0.25, 0.3) is 0 Å². The Hall–Kier alpha value is -1.36. The second-order valence-electron chi connectivity index (χ2n) is 4.87. The highest BCUT2D eigenvalue weighted by molar-refractivity contribution is 9.10. The van der Waals surface area contributed by atoms with Crippen LogP contribution in [0.4, 0.5) is 5.69 Å². The smallest absolute Gasteiger partial charge is 0.303 e. The van der Waals surface area contributed by atoms with Crippen molar-refractivity contribution in [3.63, 3.8) is 0 Å². The largest absolute Gasteiger partial charge is 0.481 e. The van der Waals surface area contributed by atoms with E-state index in [1.54, 1.807) is 6.92 Å². The summed E-state index contributed by atoms with van der Waals surface area (Å²) in [6.07, 6.45) is 0.215. The van der Waals surface area contributed by atoms with E-state index in [9.17, 15) is 9.59 Å². The van der Waals surface area contributed by atoms with Crippen molar-refractivity contribution in [3.8, 4) is 0 Å². The van der Waals surface area contributed by atoms with Crippen LogP contribution in [0.5, 0.6) is 0 Å². The third-order valence-electron chi connectivity index (χ3n) is 2.82. The molecule has 1 rings (SSSR count). The van der Waals surface area contributed by atoms with Gasteiger partial charge in [-0.1, -0.05) is 22.9 Å². The van der Waals surface area contributed by atoms with E-state index in [-0.39, 0.29) is 24.7 Å². The van der Waals surface area contributed by atoms with Crippen molar-refractivity contribution in [2.24, 2.45) is 5.92 Å². The fourth-order valence-corrected chi connectivity index (χ4v) is 2.67. The molecule has 0 saturated carbocycles. The second kappa shape index (κ2) is 6.70. The van der Waals surface area contributed by atoms with E-state index in [0.717, 1.165) is 21.3 Å². The van der Waals surface area contributed by atoms with Crippen molar-refractivity contribution >= 4 is 33.5 Å². The molecule has 1 aromatic carbocycles. The first-order chi connectivity index (χ1) is 8.79. The topological polar surface area (TPSA) is 66.4 Å². The number of hydrogen-bond donors (Lipinski definition) is 2. The Kier molecular flexibility index (Phi) is 5.54. The third kappa shape index (κ3) is 5.03. The molecule has 1 atom stereocenters. The van der Waals surface area contributed by atoms with Gasteiger partial charge in [0.15, 0.2) is 0 Å². The first-order valence-corrected chi connectivity index (χ1v) is 6.87. The van der Waals surface area contributed by atoms with Crippen LogP contribution >= 0.6 is 15.9 Å². The molecule has 0 radical (unpaired) electrons. The van der Waals surface area contributed by atoms with E-state index in [4.69, 9.17) is 5.11 Å². The van der Waals surface area contributed by atoms with E-state index in [1.165, 1.54) is 0 Å². The van der Waals surface area contributed by atoms with Gasteiger partial charge >= 0.3 is 5.97 Å². The van der Waals surface area contributed by atoms with Gasteiger partial charge in [0, 0.05) is 23.0 Å². The molecule has 19 heavy (non-hydrogen) atoms. The highest BCUT2D eigenvalue weighted by Crippen LogP contribution is 2.25. The monoisotopic (exact) mass is 327 g/mol. The molecule has 0 spiro atoms. The van der Waals surface area contributed by atoms with Crippen molar-refractivity contribution in [1.82, 2.24) is 0 Å². The van der Waals surface area contributed by atoms with Gasteiger partial charge < -0.3 is 10.4 Å². The molecule has 0 aliphatic rings. The summed E-state index contributed by atoms with van der Waals surface area (Å²) in [6, 6.07) is 3.87. The molecule has 4 nitrogen and oxygen atoms in total. The zero-order valence-corrected chi connectivity index (χ0v) is 12.9. The Morgan fingerprint density at radius 1 is 1.26 bits per heavy atom. The molecule has 104 valence electrons. The van der Waals surface area contributed by atoms with E-state index in [0.29, 0.717) is 0 Å². The third-order valence-corrected chi connectivity index (χ3v) is 3.28. The Morgan fingerprint density at radius 3 is 2.26 bits per heavy atom. The molecule has 0 aliphatic carbocycles. The van der Waals surface area contributed by atoms with Gasteiger partial charge in [0.2, 0.25) is 5.91 Å². The zero-order valence-electron chi connectivity index (χ0n) is 11.3. The summed E-state index contributed by atoms with van der Waals surface area (Å²) in [4.78, 5) is 22.4. The fraction of sp³-hybridized carbons (Fsp3) is 0.429. The van der Waals surface area contributed by atoms with Crippen molar-refractivity contribution in [2.45, 2.75) is 33.6 Å². The minimum Gasteiger partial charge on any atom is -0.481 e. The molecule has 0 heterocycles. The molecule has 2 N–H and O–H groups in total. The van der Waals surface area contributed by atoms with Crippen LogP contribution in [0.15, 0.2) is 16.6 Å². The molecular weight excluding hydrogens is 310 g/mol. The molecule has 0 fully saturated rings. The zero-order chi connectivity index (χ0) is 14.6. The van der Waals surface area contributed by atoms with Crippen molar-refractivity contribution in [1.29, 1.82) is 0 Å². The number of carbonyl (C=O) groups is 2. The van der Waals surface area contributed by atoms with Crippen LogP contribution in [0, 0.1) is 19.8 Å². The number of nitrogens with one attached hydrogen (secondary N) is 1. The van der Waals surface area contributed by atoms with Crippen LogP contribution in [0.2, 0.25) is 0 Å². The number of carboxylic acids is 1. The molecule has 0 saturated heterocycles. The van der Waals surface area contributed by atoms with Crippen LogP contribution in [0.3, 0.4) is 0 Å². The van der Waals surface area contributed by atoms with E-state index < -0.39 is 5.97 Å².